The SMILES string of the molecule is COCCCNC(=O)c1cccc(NC(=O)CNc2ccc(OC(C)C)cc2)c1. The molecule has 29 heavy (non-hydrogen) atoms. The molecule has 3 N–H and O–H groups in total. The Kier molecular flexibility index (Phi) is 8.98. The lowest BCUT2D eigenvalue weighted by Crippen LogP contribution is -2.25. The second-order valence-corrected chi connectivity index (χ2v) is 6.78. The summed E-state index contributed by atoms with van der Waals surface area (Å²) in [5.41, 5.74) is 1.89. The van der Waals surface area contributed by atoms with Crippen LogP contribution in [-0.4, -0.2) is 44.7 Å². The van der Waals surface area contributed by atoms with Gasteiger partial charge in [-0.3, -0.25) is 9.59 Å². The second-order valence-electron chi connectivity index (χ2n) is 6.78. The fourth-order valence-electron chi connectivity index (χ4n) is 2.57. The highest BCUT2D eigenvalue weighted by molar-refractivity contribution is 5.98. The number of rotatable bonds is 11. The molecule has 0 bridgehead atoms. The van der Waals surface area contributed by atoms with Crippen molar-refractivity contribution in [1.29, 1.82) is 0 Å². The van der Waals surface area contributed by atoms with Gasteiger partial charge < -0.3 is 25.4 Å². The first kappa shape index (κ1) is 22.2. The highest BCUT2D eigenvalue weighted by atomic mass is 16.5. The maximum Gasteiger partial charge on any atom is 0.251 e. The number of hydrogen-bond acceptors (Lipinski definition) is 5. The van der Waals surface area contributed by atoms with Crippen molar-refractivity contribution in [2.24, 2.45) is 0 Å². The van der Waals surface area contributed by atoms with Crippen LogP contribution < -0.4 is 20.7 Å². The highest BCUT2D eigenvalue weighted by Gasteiger charge is 2.08. The molecule has 0 aromatic heterocycles. The fraction of sp³-hybridized carbons (Fsp3) is 0.364. The summed E-state index contributed by atoms with van der Waals surface area (Å²) in [6.45, 7) is 5.18. The van der Waals surface area contributed by atoms with Crippen LogP contribution in [0.4, 0.5) is 11.4 Å². The zero-order chi connectivity index (χ0) is 21.1. The van der Waals surface area contributed by atoms with Gasteiger partial charge in [-0.25, -0.2) is 0 Å². The Bertz CT molecular complexity index is 791. The van der Waals surface area contributed by atoms with Gasteiger partial charge in [0.05, 0.1) is 12.6 Å². The van der Waals surface area contributed by atoms with Gasteiger partial charge in [0.25, 0.3) is 5.91 Å². The Hall–Kier alpha value is -3.06. The highest BCUT2D eigenvalue weighted by Crippen LogP contribution is 2.17. The van der Waals surface area contributed by atoms with Gasteiger partial charge in [-0.1, -0.05) is 6.07 Å². The van der Waals surface area contributed by atoms with Crippen LogP contribution in [0.5, 0.6) is 5.75 Å². The molecular formula is C22H29N3O4. The van der Waals surface area contributed by atoms with Gasteiger partial charge >= 0.3 is 0 Å². The van der Waals surface area contributed by atoms with Gasteiger partial charge in [0.1, 0.15) is 5.75 Å². The molecule has 0 radical (unpaired) electrons. The van der Waals surface area contributed by atoms with Crippen LogP contribution in [0.1, 0.15) is 30.6 Å². The van der Waals surface area contributed by atoms with Crippen LogP contribution in [0, 0.1) is 0 Å². The second kappa shape index (κ2) is 11.7. The van der Waals surface area contributed by atoms with Gasteiger partial charge in [0.15, 0.2) is 0 Å². The number of carbonyl (C=O) groups excluding carboxylic acids is 2. The Balaban J connectivity index is 1.82. The minimum Gasteiger partial charge on any atom is -0.491 e. The molecule has 2 amide bonds. The molecule has 156 valence electrons. The van der Waals surface area contributed by atoms with Crippen molar-refractivity contribution in [3.8, 4) is 5.75 Å². The van der Waals surface area contributed by atoms with Crippen molar-refractivity contribution in [2.75, 3.05) is 37.4 Å². The summed E-state index contributed by atoms with van der Waals surface area (Å²) in [6, 6.07) is 14.3. The molecule has 0 unspecified atom stereocenters. The monoisotopic (exact) mass is 399 g/mol. The van der Waals surface area contributed by atoms with E-state index in [9.17, 15) is 9.59 Å². The summed E-state index contributed by atoms with van der Waals surface area (Å²) in [6.07, 6.45) is 0.859. The van der Waals surface area contributed by atoms with E-state index >= 15 is 0 Å². The van der Waals surface area contributed by atoms with E-state index in [0.717, 1.165) is 17.9 Å². The fourth-order valence-corrected chi connectivity index (χ4v) is 2.57. The first-order valence-corrected chi connectivity index (χ1v) is 9.65. The average Bonchev–Trinajstić information content (AvgIpc) is 2.70. The van der Waals surface area contributed by atoms with Crippen molar-refractivity contribution in [3.63, 3.8) is 0 Å². The summed E-state index contributed by atoms with van der Waals surface area (Å²) in [4.78, 5) is 24.4. The number of anilines is 2. The number of carbonyl (C=O) groups is 2. The van der Waals surface area contributed by atoms with E-state index in [1.54, 1.807) is 31.4 Å². The van der Waals surface area contributed by atoms with E-state index in [1.165, 1.54) is 0 Å². The third kappa shape index (κ3) is 8.23. The average molecular weight is 399 g/mol. The number of ether oxygens (including phenoxy) is 2. The zero-order valence-corrected chi connectivity index (χ0v) is 17.2. The molecule has 0 aliphatic carbocycles. The van der Waals surface area contributed by atoms with Gasteiger partial charge in [-0.05, 0) is 62.7 Å². The molecule has 0 aliphatic rings. The first-order chi connectivity index (χ1) is 14.0. The van der Waals surface area contributed by atoms with Gasteiger partial charge in [-0.2, -0.15) is 0 Å². The molecular weight excluding hydrogens is 370 g/mol. The van der Waals surface area contributed by atoms with Crippen molar-refractivity contribution < 1.29 is 19.1 Å². The van der Waals surface area contributed by atoms with Crippen LogP contribution in [0.25, 0.3) is 0 Å². The smallest absolute Gasteiger partial charge is 0.251 e. The molecule has 0 atom stereocenters. The van der Waals surface area contributed by atoms with E-state index in [1.807, 2.05) is 38.1 Å². The van der Waals surface area contributed by atoms with Crippen molar-refractivity contribution in [3.05, 3.63) is 54.1 Å². The summed E-state index contributed by atoms with van der Waals surface area (Å²) < 4.78 is 10.6. The van der Waals surface area contributed by atoms with E-state index < -0.39 is 0 Å². The molecule has 7 heteroatoms. The van der Waals surface area contributed by atoms with Crippen LogP contribution in [0.3, 0.4) is 0 Å². The minimum absolute atomic E-state index is 0.109. The molecule has 2 aromatic rings. The predicted molar refractivity (Wildman–Crippen MR) is 115 cm³/mol. The van der Waals surface area contributed by atoms with E-state index in [0.29, 0.717) is 24.4 Å². The van der Waals surface area contributed by atoms with Gasteiger partial charge in [-0.15, -0.1) is 0 Å². The first-order valence-electron chi connectivity index (χ1n) is 9.65. The Morgan fingerprint density at radius 1 is 1.03 bits per heavy atom. The molecule has 7 nitrogen and oxygen atoms in total. The molecule has 2 rings (SSSR count). The van der Waals surface area contributed by atoms with Gasteiger partial charge in [0.2, 0.25) is 5.91 Å². The number of benzene rings is 2. The normalized spacial score (nSPS) is 10.5. The Morgan fingerprint density at radius 2 is 1.79 bits per heavy atom. The lowest BCUT2D eigenvalue weighted by Gasteiger charge is -2.11. The van der Waals surface area contributed by atoms with Crippen molar-refractivity contribution >= 4 is 23.2 Å². The van der Waals surface area contributed by atoms with Crippen LogP contribution in [0.15, 0.2) is 48.5 Å². The quantitative estimate of drug-likeness (QED) is 0.505. The molecule has 0 fully saturated rings. The molecule has 0 saturated carbocycles. The van der Waals surface area contributed by atoms with E-state index in [-0.39, 0.29) is 24.5 Å². The summed E-state index contributed by atoms with van der Waals surface area (Å²) in [5.74, 6) is 0.400. The maximum absolute atomic E-state index is 12.2. The van der Waals surface area contributed by atoms with Gasteiger partial charge in [0, 0.05) is 37.2 Å². The molecule has 0 saturated heterocycles. The lowest BCUT2D eigenvalue weighted by atomic mass is 10.2. The third-order valence-corrected chi connectivity index (χ3v) is 3.90. The van der Waals surface area contributed by atoms with Crippen LogP contribution in [0.2, 0.25) is 0 Å². The summed E-state index contributed by atoms with van der Waals surface area (Å²) in [7, 11) is 1.62. The molecule has 0 aliphatic heterocycles. The van der Waals surface area contributed by atoms with Crippen LogP contribution >= 0.6 is 0 Å². The number of amides is 2. The minimum atomic E-state index is -0.204. The molecule has 0 heterocycles. The molecule has 2 aromatic carbocycles. The maximum atomic E-state index is 12.2. The Labute approximate surface area is 171 Å². The Morgan fingerprint density at radius 3 is 2.48 bits per heavy atom. The third-order valence-electron chi connectivity index (χ3n) is 3.90. The summed E-state index contributed by atoms with van der Waals surface area (Å²) in [5, 5.41) is 8.68. The predicted octanol–water partition coefficient (Wildman–Crippen LogP) is 3.29. The summed E-state index contributed by atoms with van der Waals surface area (Å²) >= 11 is 0. The molecule has 0 spiro atoms. The standard InChI is InChI=1S/C22H29N3O4/c1-16(2)29-20-10-8-18(9-11-20)24-15-21(26)25-19-7-4-6-17(14-19)22(27)23-12-5-13-28-3/h4,6-11,14,16,24H,5,12-13,15H2,1-3H3,(H,23,27)(H,25,26). The van der Waals surface area contributed by atoms with Crippen LogP contribution in [-0.2, 0) is 9.53 Å². The van der Waals surface area contributed by atoms with Crippen molar-refractivity contribution in [2.45, 2.75) is 26.4 Å². The lowest BCUT2D eigenvalue weighted by molar-refractivity contribution is -0.114. The van der Waals surface area contributed by atoms with Crippen molar-refractivity contribution in [1.82, 2.24) is 5.32 Å². The number of nitrogens with one attached hydrogen (secondary N) is 3. The van der Waals surface area contributed by atoms with E-state index in [2.05, 4.69) is 16.0 Å². The largest absolute Gasteiger partial charge is 0.491 e. The van der Waals surface area contributed by atoms with E-state index in [4.69, 9.17) is 9.47 Å². The number of hydrogen-bond donors (Lipinski definition) is 3. The topological polar surface area (TPSA) is 88.7 Å². The number of methoxy groups -OCH3 is 1. The zero-order valence-electron chi connectivity index (χ0n) is 17.2.